The Balaban J connectivity index is 1.34. The number of nitro groups is 1. The largest absolute Gasteiger partial charge is 0.366 e. The molecule has 1 N–H and O–H groups in total. The predicted molar refractivity (Wildman–Crippen MR) is 131 cm³/mol. The summed E-state index contributed by atoms with van der Waals surface area (Å²) < 4.78 is 0. The summed E-state index contributed by atoms with van der Waals surface area (Å²) in [5, 5.41) is 14.6. The van der Waals surface area contributed by atoms with Crippen LogP contribution in [0.1, 0.15) is 30.1 Å². The van der Waals surface area contributed by atoms with Crippen LogP contribution in [0, 0.1) is 16.0 Å². The molecule has 0 saturated carbocycles. The van der Waals surface area contributed by atoms with E-state index >= 15 is 0 Å². The first-order valence-corrected chi connectivity index (χ1v) is 11.8. The molecule has 0 bridgehead atoms. The lowest BCUT2D eigenvalue weighted by atomic mass is 9.98. The Labute approximate surface area is 199 Å². The van der Waals surface area contributed by atoms with Crippen LogP contribution in [-0.2, 0) is 4.79 Å². The van der Waals surface area contributed by atoms with Gasteiger partial charge in [-0.15, -0.1) is 0 Å². The Kier molecular flexibility index (Phi) is 7.42. The predicted octanol–water partition coefficient (Wildman–Crippen LogP) is 3.23. The van der Waals surface area contributed by atoms with E-state index in [4.69, 9.17) is 0 Å². The van der Waals surface area contributed by atoms with Crippen LogP contribution < -0.4 is 10.2 Å². The number of rotatable bonds is 6. The lowest BCUT2D eigenvalue weighted by Gasteiger charge is -2.34. The highest BCUT2D eigenvalue weighted by atomic mass is 16.6. The Morgan fingerprint density at radius 2 is 1.68 bits per heavy atom. The summed E-state index contributed by atoms with van der Waals surface area (Å²) in [6.45, 7) is 6.10. The maximum Gasteiger partial charge on any atom is 0.293 e. The van der Waals surface area contributed by atoms with Crippen molar-refractivity contribution in [3.05, 3.63) is 64.2 Å². The van der Waals surface area contributed by atoms with Crippen molar-refractivity contribution < 1.29 is 14.5 Å². The average molecular weight is 466 g/mol. The first kappa shape index (κ1) is 23.7. The van der Waals surface area contributed by atoms with Crippen molar-refractivity contribution in [2.75, 3.05) is 56.0 Å². The number of nitrogens with one attached hydrogen (secondary N) is 1. The number of anilines is 2. The van der Waals surface area contributed by atoms with Gasteiger partial charge in [-0.3, -0.25) is 24.6 Å². The molecule has 0 spiro atoms. The number of piperidine rings is 1. The smallest absolute Gasteiger partial charge is 0.293 e. The quantitative estimate of drug-likeness (QED) is 0.520. The van der Waals surface area contributed by atoms with Crippen LogP contribution in [0.5, 0.6) is 0 Å². The molecule has 0 aliphatic carbocycles. The SMILES string of the molecule is CC1CCN(c2ccc(C(=O)N3CCN(CC(=O)Nc4ccccc4)CC3)cc2[N+](=O)[O-])CC1. The lowest BCUT2D eigenvalue weighted by Crippen LogP contribution is -2.50. The Morgan fingerprint density at radius 1 is 1.00 bits per heavy atom. The number of benzene rings is 2. The zero-order valence-electron chi connectivity index (χ0n) is 19.5. The molecule has 2 aliphatic heterocycles. The summed E-state index contributed by atoms with van der Waals surface area (Å²) in [4.78, 5) is 42.5. The molecular weight excluding hydrogens is 434 g/mol. The molecule has 2 saturated heterocycles. The van der Waals surface area contributed by atoms with Crippen LogP contribution in [0.15, 0.2) is 48.5 Å². The van der Waals surface area contributed by atoms with Crippen LogP contribution in [0.25, 0.3) is 0 Å². The highest BCUT2D eigenvalue weighted by Gasteiger charge is 2.28. The van der Waals surface area contributed by atoms with E-state index in [1.807, 2.05) is 40.1 Å². The first-order chi connectivity index (χ1) is 16.4. The van der Waals surface area contributed by atoms with Crippen LogP contribution in [0.4, 0.5) is 17.1 Å². The summed E-state index contributed by atoms with van der Waals surface area (Å²) in [7, 11) is 0. The third-order valence-electron chi connectivity index (χ3n) is 6.63. The molecule has 2 aliphatic rings. The minimum Gasteiger partial charge on any atom is -0.366 e. The molecule has 4 rings (SSSR count). The number of hydrogen-bond acceptors (Lipinski definition) is 6. The number of carbonyl (C=O) groups is 2. The van der Waals surface area contributed by atoms with Gasteiger partial charge in [-0.2, -0.15) is 0 Å². The topological polar surface area (TPSA) is 99.0 Å². The maximum atomic E-state index is 13.1. The van der Waals surface area contributed by atoms with Crippen molar-refractivity contribution in [2.24, 2.45) is 5.92 Å². The van der Waals surface area contributed by atoms with Gasteiger partial charge in [0.1, 0.15) is 5.69 Å². The Morgan fingerprint density at radius 3 is 2.32 bits per heavy atom. The third-order valence-corrected chi connectivity index (χ3v) is 6.63. The summed E-state index contributed by atoms with van der Waals surface area (Å²) in [6, 6.07) is 14.1. The van der Waals surface area contributed by atoms with Crippen molar-refractivity contribution in [3.63, 3.8) is 0 Å². The standard InChI is InChI=1S/C25H31N5O4/c1-19-9-11-28(12-10-19)22-8-7-20(17-23(22)30(33)34)25(32)29-15-13-27(14-16-29)18-24(31)26-21-5-3-2-4-6-21/h2-8,17,19H,9-16,18H2,1H3,(H,26,31). The fourth-order valence-electron chi connectivity index (χ4n) is 4.54. The maximum absolute atomic E-state index is 13.1. The number of amides is 2. The molecule has 0 aromatic heterocycles. The summed E-state index contributed by atoms with van der Waals surface area (Å²) >= 11 is 0. The second-order valence-electron chi connectivity index (χ2n) is 9.11. The molecular formula is C25H31N5O4. The highest BCUT2D eigenvalue weighted by Crippen LogP contribution is 2.32. The molecule has 9 heteroatoms. The van der Waals surface area contributed by atoms with E-state index in [-0.39, 0.29) is 24.0 Å². The van der Waals surface area contributed by atoms with Gasteiger partial charge in [0.2, 0.25) is 5.91 Å². The van der Waals surface area contributed by atoms with Crippen molar-refractivity contribution in [1.29, 1.82) is 0 Å². The van der Waals surface area contributed by atoms with E-state index in [1.165, 1.54) is 6.07 Å². The number of carbonyl (C=O) groups excluding carboxylic acids is 2. The highest BCUT2D eigenvalue weighted by molar-refractivity contribution is 5.96. The lowest BCUT2D eigenvalue weighted by molar-refractivity contribution is -0.384. The molecule has 0 atom stereocenters. The van der Waals surface area contributed by atoms with Gasteiger partial charge < -0.3 is 15.1 Å². The van der Waals surface area contributed by atoms with E-state index in [2.05, 4.69) is 12.2 Å². The van der Waals surface area contributed by atoms with Gasteiger partial charge in [0, 0.05) is 56.6 Å². The summed E-state index contributed by atoms with van der Waals surface area (Å²) in [5.74, 6) is 0.318. The Hall–Kier alpha value is -3.46. The Bertz CT molecular complexity index is 1030. The molecule has 180 valence electrons. The average Bonchev–Trinajstić information content (AvgIpc) is 2.85. The molecule has 2 heterocycles. The molecule has 2 fully saturated rings. The third kappa shape index (κ3) is 5.72. The molecule has 2 aromatic rings. The van der Waals surface area contributed by atoms with Crippen molar-refractivity contribution >= 4 is 28.9 Å². The fraction of sp³-hybridized carbons (Fsp3) is 0.440. The second kappa shape index (κ2) is 10.6. The normalized spacial score (nSPS) is 17.4. The molecule has 0 unspecified atom stereocenters. The van der Waals surface area contributed by atoms with Gasteiger partial charge in [0.15, 0.2) is 0 Å². The molecule has 2 aromatic carbocycles. The zero-order chi connectivity index (χ0) is 24.1. The van der Waals surface area contributed by atoms with Gasteiger partial charge >= 0.3 is 0 Å². The van der Waals surface area contributed by atoms with Crippen LogP contribution in [-0.4, -0.2) is 72.4 Å². The van der Waals surface area contributed by atoms with Gasteiger partial charge in [0.25, 0.3) is 11.6 Å². The van der Waals surface area contributed by atoms with Crippen LogP contribution in [0.2, 0.25) is 0 Å². The number of para-hydroxylation sites is 1. The van der Waals surface area contributed by atoms with E-state index in [0.717, 1.165) is 31.6 Å². The van der Waals surface area contributed by atoms with E-state index in [0.29, 0.717) is 43.3 Å². The van der Waals surface area contributed by atoms with Gasteiger partial charge in [0.05, 0.1) is 11.5 Å². The van der Waals surface area contributed by atoms with Crippen molar-refractivity contribution in [1.82, 2.24) is 9.80 Å². The van der Waals surface area contributed by atoms with Gasteiger partial charge in [-0.25, -0.2) is 0 Å². The number of nitro benzene ring substituents is 1. The second-order valence-corrected chi connectivity index (χ2v) is 9.11. The van der Waals surface area contributed by atoms with Crippen LogP contribution in [0.3, 0.4) is 0 Å². The monoisotopic (exact) mass is 465 g/mol. The van der Waals surface area contributed by atoms with E-state index in [9.17, 15) is 19.7 Å². The minimum atomic E-state index is -0.395. The zero-order valence-corrected chi connectivity index (χ0v) is 19.5. The van der Waals surface area contributed by atoms with Gasteiger partial charge in [-0.1, -0.05) is 25.1 Å². The molecule has 2 amide bonds. The van der Waals surface area contributed by atoms with Crippen molar-refractivity contribution in [2.45, 2.75) is 19.8 Å². The molecule has 34 heavy (non-hydrogen) atoms. The van der Waals surface area contributed by atoms with Crippen molar-refractivity contribution in [3.8, 4) is 0 Å². The minimum absolute atomic E-state index is 0.0170. The van der Waals surface area contributed by atoms with Gasteiger partial charge in [-0.05, 0) is 43.0 Å². The molecule has 0 radical (unpaired) electrons. The van der Waals surface area contributed by atoms with E-state index < -0.39 is 4.92 Å². The summed E-state index contributed by atoms with van der Waals surface area (Å²) in [6.07, 6.45) is 2.01. The number of nitrogens with zero attached hydrogens (tertiary/aromatic N) is 4. The first-order valence-electron chi connectivity index (χ1n) is 11.8. The summed E-state index contributed by atoms with van der Waals surface area (Å²) in [5.41, 5.74) is 1.65. The number of piperazine rings is 1. The van der Waals surface area contributed by atoms with E-state index in [1.54, 1.807) is 17.0 Å². The molecule has 9 nitrogen and oxygen atoms in total. The fourth-order valence-corrected chi connectivity index (χ4v) is 4.54. The number of hydrogen-bond donors (Lipinski definition) is 1. The van der Waals surface area contributed by atoms with Crippen LogP contribution >= 0.6 is 0 Å².